The molecule has 0 amide bonds. The Morgan fingerprint density at radius 3 is 2.56 bits per heavy atom. The molecule has 4 rings (SSSR count). The van der Waals surface area contributed by atoms with Crippen molar-refractivity contribution in [2.45, 2.75) is 32.4 Å². The van der Waals surface area contributed by atoms with E-state index in [4.69, 9.17) is 0 Å². The molecule has 0 radical (unpaired) electrons. The molecule has 1 N–H and O–H groups in total. The second kappa shape index (κ2) is 6.98. The fourth-order valence-corrected chi connectivity index (χ4v) is 3.92. The number of hydrogen-bond donors (Lipinski definition) is 1. The van der Waals surface area contributed by atoms with Crippen molar-refractivity contribution in [2.75, 3.05) is 13.1 Å². The highest BCUT2D eigenvalue weighted by Crippen LogP contribution is 2.31. The number of hydrogen-bond acceptors (Lipinski definition) is 3. The molecule has 130 valence electrons. The lowest BCUT2D eigenvalue weighted by Crippen LogP contribution is -2.35. The van der Waals surface area contributed by atoms with Crippen molar-refractivity contribution >= 4 is 5.65 Å². The van der Waals surface area contributed by atoms with Gasteiger partial charge >= 0.3 is 0 Å². The topological polar surface area (TPSA) is 40.8 Å². The second-order valence-electron chi connectivity index (χ2n) is 7.04. The minimum atomic E-state index is -0.346. The first-order valence-electron chi connectivity index (χ1n) is 9.10. The maximum atomic E-state index is 10.6. The molecule has 4 heteroatoms. The number of nitrogens with zero attached hydrogens (tertiary/aromatic N) is 3. The molecule has 1 atom stereocenters. The lowest BCUT2D eigenvalue weighted by molar-refractivity contribution is 0.0563. The molecule has 3 heterocycles. The van der Waals surface area contributed by atoms with E-state index < -0.39 is 0 Å². The average molecular weight is 335 g/mol. The minimum Gasteiger partial charge on any atom is -0.388 e. The van der Waals surface area contributed by atoms with E-state index in [0.717, 1.165) is 49.4 Å². The predicted molar refractivity (Wildman–Crippen MR) is 99.3 cm³/mol. The van der Waals surface area contributed by atoms with Gasteiger partial charge in [-0.25, -0.2) is 4.98 Å². The highest BCUT2D eigenvalue weighted by Gasteiger charge is 2.26. The second-order valence-corrected chi connectivity index (χ2v) is 7.04. The van der Waals surface area contributed by atoms with Gasteiger partial charge in [-0.05, 0) is 56.5 Å². The van der Waals surface area contributed by atoms with Crippen molar-refractivity contribution < 1.29 is 5.11 Å². The molecule has 2 aromatic heterocycles. The summed E-state index contributed by atoms with van der Waals surface area (Å²) in [5, 5.41) is 10.6. The van der Waals surface area contributed by atoms with E-state index >= 15 is 0 Å². The van der Waals surface area contributed by atoms with Crippen LogP contribution in [0.3, 0.4) is 0 Å². The maximum Gasteiger partial charge on any atom is 0.137 e. The van der Waals surface area contributed by atoms with Gasteiger partial charge in [0.1, 0.15) is 5.65 Å². The first-order chi connectivity index (χ1) is 12.2. The number of pyridine rings is 1. The van der Waals surface area contributed by atoms with Gasteiger partial charge in [0.2, 0.25) is 0 Å². The number of benzene rings is 1. The fraction of sp³-hybridized carbons (Fsp3) is 0.381. The number of imidazole rings is 1. The molecule has 1 aliphatic rings. The highest BCUT2D eigenvalue weighted by atomic mass is 16.3. The smallest absolute Gasteiger partial charge is 0.137 e. The monoisotopic (exact) mass is 335 g/mol. The summed E-state index contributed by atoms with van der Waals surface area (Å²) in [6, 6.07) is 16.2. The summed E-state index contributed by atoms with van der Waals surface area (Å²) in [5.41, 5.74) is 4.44. The third-order valence-electron chi connectivity index (χ3n) is 5.42. The number of aliphatic hydroxyl groups is 1. The van der Waals surface area contributed by atoms with Gasteiger partial charge in [-0.15, -0.1) is 0 Å². The largest absolute Gasteiger partial charge is 0.388 e. The Hall–Kier alpha value is -2.17. The minimum absolute atomic E-state index is 0.346. The molecule has 0 saturated carbocycles. The van der Waals surface area contributed by atoms with Gasteiger partial charge in [0, 0.05) is 12.7 Å². The Labute approximate surface area is 148 Å². The number of aromatic nitrogens is 2. The molecule has 0 spiro atoms. The Morgan fingerprint density at radius 1 is 1.08 bits per heavy atom. The van der Waals surface area contributed by atoms with Crippen molar-refractivity contribution in [3.05, 3.63) is 71.7 Å². The van der Waals surface area contributed by atoms with Gasteiger partial charge in [-0.1, -0.05) is 36.4 Å². The Kier molecular flexibility index (Phi) is 4.55. The first kappa shape index (κ1) is 16.3. The number of aliphatic hydroxyl groups excluding tert-OH is 1. The molecule has 0 aliphatic carbocycles. The van der Waals surface area contributed by atoms with Crippen LogP contribution >= 0.6 is 0 Å². The summed E-state index contributed by atoms with van der Waals surface area (Å²) >= 11 is 0. The van der Waals surface area contributed by atoms with Crippen LogP contribution in [0, 0.1) is 12.8 Å². The van der Waals surface area contributed by atoms with Gasteiger partial charge in [0.05, 0.1) is 17.5 Å². The van der Waals surface area contributed by atoms with E-state index in [1.807, 2.05) is 36.4 Å². The standard InChI is InChI=1S/C21H25N3O/c1-16-19(24-12-6-5-9-20(24)22-16)15-23-13-10-18(11-14-23)21(25)17-7-3-2-4-8-17/h2-9,12,18,21,25H,10-11,13-15H2,1H3. The lowest BCUT2D eigenvalue weighted by atomic mass is 9.87. The van der Waals surface area contributed by atoms with E-state index in [9.17, 15) is 5.11 Å². The summed E-state index contributed by atoms with van der Waals surface area (Å²) in [5.74, 6) is 0.349. The van der Waals surface area contributed by atoms with Crippen molar-refractivity contribution in [3.8, 4) is 0 Å². The Bertz CT molecular complexity index is 835. The van der Waals surface area contributed by atoms with E-state index in [2.05, 4.69) is 39.5 Å². The summed E-state index contributed by atoms with van der Waals surface area (Å²) in [6.45, 7) is 5.06. The van der Waals surface area contributed by atoms with Gasteiger partial charge < -0.3 is 9.51 Å². The van der Waals surface area contributed by atoms with Crippen LogP contribution < -0.4 is 0 Å². The maximum absolute atomic E-state index is 10.6. The van der Waals surface area contributed by atoms with E-state index in [1.54, 1.807) is 0 Å². The summed E-state index contributed by atoms with van der Waals surface area (Å²) < 4.78 is 2.19. The van der Waals surface area contributed by atoms with Gasteiger partial charge in [0.15, 0.2) is 0 Å². The number of rotatable bonds is 4. The van der Waals surface area contributed by atoms with E-state index in [-0.39, 0.29) is 6.10 Å². The van der Waals surface area contributed by atoms with Crippen LogP contribution in [0.4, 0.5) is 0 Å². The van der Waals surface area contributed by atoms with Crippen molar-refractivity contribution in [1.82, 2.24) is 14.3 Å². The van der Waals surface area contributed by atoms with E-state index in [1.165, 1.54) is 5.69 Å². The summed E-state index contributed by atoms with van der Waals surface area (Å²) in [7, 11) is 0. The van der Waals surface area contributed by atoms with Crippen LogP contribution in [0.25, 0.3) is 5.65 Å². The summed E-state index contributed by atoms with van der Waals surface area (Å²) in [4.78, 5) is 7.14. The quantitative estimate of drug-likeness (QED) is 0.792. The zero-order chi connectivity index (χ0) is 17.2. The normalized spacial score (nSPS) is 17.8. The number of likely N-dealkylation sites (tertiary alicyclic amines) is 1. The molecular weight excluding hydrogens is 310 g/mol. The van der Waals surface area contributed by atoms with Gasteiger partial charge in [-0.3, -0.25) is 4.90 Å². The molecule has 1 fully saturated rings. The van der Waals surface area contributed by atoms with E-state index in [0.29, 0.717) is 5.92 Å². The molecule has 1 aromatic carbocycles. The Balaban J connectivity index is 1.41. The molecule has 4 nitrogen and oxygen atoms in total. The predicted octanol–water partition coefficient (Wildman–Crippen LogP) is 3.59. The van der Waals surface area contributed by atoms with Crippen molar-refractivity contribution in [3.63, 3.8) is 0 Å². The van der Waals surface area contributed by atoms with Crippen LogP contribution in [0.2, 0.25) is 0 Å². The van der Waals surface area contributed by atoms with Crippen LogP contribution in [-0.4, -0.2) is 32.5 Å². The SMILES string of the molecule is Cc1nc2ccccn2c1CN1CCC(C(O)c2ccccc2)CC1. The summed E-state index contributed by atoms with van der Waals surface area (Å²) in [6.07, 6.45) is 3.81. The molecule has 0 bridgehead atoms. The number of piperidine rings is 1. The first-order valence-corrected chi connectivity index (χ1v) is 9.10. The third-order valence-corrected chi connectivity index (χ3v) is 5.42. The Morgan fingerprint density at radius 2 is 1.80 bits per heavy atom. The van der Waals surface area contributed by atoms with Crippen LogP contribution in [0.15, 0.2) is 54.7 Å². The molecule has 25 heavy (non-hydrogen) atoms. The van der Waals surface area contributed by atoms with Gasteiger partial charge in [-0.2, -0.15) is 0 Å². The molecule has 1 aliphatic heterocycles. The van der Waals surface area contributed by atoms with Gasteiger partial charge in [0.25, 0.3) is 0 Å². The lowest BCUT2D eigenvalue weighted by Gasteiger charge is -2.34. The molecule has 1 saturated heterocycles. The number of aryl methyl sites for hydroxylation is 1. The van der Waals surface area contributed by atoms with Crippen LogP contribution in [0.5, 0.6) is 0 Å². The molecule has 3 aromatic rings. The zero-order valence-corrected chi connectivity index (χ0v) is 14.7. The number of fused-ring (bicyclic) bond motifs is 1. The zero-order valence-electron chi connectivity index (χ0n) is 14.7. The third kappa shape index (κ3) is 3.32. The van der Waals surface area contributed by atoms with Crippen LogP contribution in [0.1, 0.15) is 35.9 Å². The van der Waals surface area contributed by atoms with Crippen molar-refractivity contribution in [1.29, 1.82) is 0 Å². The highest BCUT2D eigenvalue weighted by molar-refractivity contribution is 5.42. The fourth-order valence-electron chi connectivity index (χ4n) is 3.92. The van der Waals surface area contributed by atoms with Crippen LogP contribution in [-0.2, 0) is 6.54 Å². The molecule has 1 unspecified atom stereocenters. The van der Waals surface area contributed by atoms with Crippen molar-refractivity contribution in [2.24, 2.45) is 5.92 Å². The average Bonchev–Trinajstić information content (AvgIpc) is 2.98. The molecular formula is C21H25N3O.